The van der Waals surface area contributed by atoms with Gasteiger partial charge in [0, 0.05) is 18.4 Å². The number of hydrogen-bond acceptors (Lipinski definition) is 3. The molecule has 2 N–H and O–H groups in total. The largest absolute Gasteiger partial charge is 0.325 e. The Morgan fingerprint density at radius 3 is 2.76 bits per heavy atom. The Kier molecular flexibility index (Phi) is 4.35. The molecular formula is C14H21NOS. The zero-order valence-corrected chi connectivity index (χ0v) is 11.1. The Balaban J connectivity index is 1.76. The van der Waals surface area contributed by atoms with Crippen LogP contribution in [0.2, 0.25) is 0 Å². The Labute approximate surface area is 107 Å². The molecule has 17 heavy (non-hydrogen) atoms. The number of thiophene rings is 1. The fourth-order valence-electron chi connectivity index (χ4n) is 2.63. The smallest absolute Gasteiger partial charge is 0.135 e. The lowest BCUT2D eigenvalue weighted by Gasteiger charge is -2.32. The van der Waals surface area contributed by atoms with Crippen molar-refractivity contribution < 1.29 is 4.79 Å². The molecule has 1 saturated carbocycles. The highest BCUT2D eigenvalue weighted by Crippen LogP contribution is 2.29. The predicted molar refractivity (Wildman–Crippen MR) is 72.3 cm³/mol. The van der Waals surface area contributed by atoms with E-state index >= 15 is 0 Å². The quantitative estimate of drug-likeness (QED) is 0.872. The Morgan fingerprint density at radius 2 is 2.12 bits per heavy atom. The van der Waals surface area contributed by atoms with Gasteiger partial charge in [-0.1, -0.05) is 19.3 Å². The predicted octanol–water partition coefficient (Wildman–Crippen LogP) is 3.30. The van der Waals surface area contributed by atoms with E-state index in [2.05, 4.69) is 16.8 Å². The summed E-state index contributed by atoms with van der Waals surface area (Å²) in [7, 11) is 0. The van der Waals surface area contributed by atoms with Crippen molar-refractivity contribution in [3.05, 3.63) is 22.4 Å². The van der Waals surface area contributed by atoms with E-state index in [4.69, 9.17) is 5.73 Å². The van der Waals surface area contributed by atoms with Gasteiger partial charge in [-0.25, -0.2) is 0 Å². The second-order valence-electron chi connectivity index (χ2n) is 5.27. The fraction of sp³-hybridized carbons (Fsp3) is 0.643. The zero-order chi connectivity index (χ0) is 12.1. The minimum atomic E-state index is -0.190. The van der Waals surface area contributed by atoms with Crippen molar-refractivity contribution in [1.29, 1.82) is 0 Å². The first-order valence-electron chi connectivity index (χ1n) is 6.50. The maximum Gasteiger partial charge on any atom is 0.135 e. The summed E-state index contributed by atoms with van der Waals surface area (Å²) in [5, 5.41) is 4.18. The van der Waals surface area contributed by atoms with E-state index in [-0.39, 0.29) is 5.54 Å². The monoisotopic (exact) mass is 251 g/mol. The third kappa shape index (κ3) is 3.93. The third-order valence-electron chi connectivity index (χ3n) is 3.67. The van der Waals surface area contributed by atoms with Gasteiger partial charge in [0.2, 0.25) is 0 Å². The van der Waals surface area contributed by atoms with Gasteiger partial charge >= 0.3 is 0 Å². The molecule has 1 aromatic rings. The van der Waals surface area contributed by atoms with Crippen LogP contribution in [-0.4, -0.2) is 11.3 Å². The van der Waals surface area contributed by atoms with Crippen LogP contribution in [-0.2, 0) is 11.2 Å². The number of carbonyl (C=O) groups excluding carboxylic acids is 1. The first-order chi connectivity index (χ1) is 8.18. The first kappa shape index (κ1) is 12.8. The lowest BCUT2D eigenvalue weighted by atomic mass is 9.78. The molecule has 1 aromatic heterocycles. The topological polar surface area (TPSA) is 43.1 Å². The van der Waals surface area contributed by atoms with E-state index in [0.717, 1.165) is 19.3 Å². The molecule has 0 bridgehead atoms. The molecule has 2 nitrogen and oxygen atoms in total. The molecule has 0 unspecified atom stereocenters. The molecular weight excluding hydrogens is 230 g/mol. The van der Waals surface area contributed by atoms with Crippen LogP contribution in [0, 0.1) is 0 Å². The van der Waals surface area contributed by atoms with Crippen molar-refractivity contribution in [2.75, 3.05) is 0 Å². The number of ketones is 1. The summed E-state index contributed by atoms with van der Waals surface area (Å²) in [4.78, 5) is 11.9. The van der Waals surface area contributed by atoms with Crippen LogP contribution in [0.4, 0.5) is 0 Å². The van der Waals surface area contributed by atoms with Crippen LogP contribution in [0.25, 0.3) is 0 Å². The zero-order valence-electron chi connectivity index (χ0n) is 10.3. The lowest BCUT2D eigenvalue weighted by molar-refractivity contribution is -0.120. The van der Waals surface area contributed by atoms with Gasteiger partial charge in [-0.3, -0.25) is 4.79 Å². The average molecular weight is 251 g/mol. The molecule has 0 aromatic carbocycles. The summed E-state index contributed by atoms with van der Waals surface area (Å²) in [5.41, 5.74) is 7.38. The van der Waals surface area contributed by atoms with E-state index in [0.29, 0.717) is 18.6 Å². The van der Waals surface area contributed by atoms with E-state index in [1.54, 1.807) is 11.3 Å². The molecule has 1 aliphatic carbocycles. The highest BCUT2D eigenvalue weighted by atomic mass is 32.1. The number of carbonyl (C=O) groups is 1. The Hall–Kier alpha value is -0.670. The SMILES string of the molecule is NC1(CC(=O)CCc2ccsc2)CCCCC1. The number of Topliss-reactive ketones (excluding diaryl/α,β-unsaturated/α-hetero) is 1. The molecule has 1 aliphatic rings. The van der Waals surface area contributed by atoms with Crippen LogP contribution < -0.4 is 5.73 Å². The summed E-state index contributed by atoms with van der Waals surface area (Å²) in [6.45, 7) is 0. The summed E-state index contributed by atoms with van der Waals surface area (Å²) in [6, 6.07) is 2.09. The second kappa shape index (κ2) is 5.78. The molecule has 94 valence electrons. The van der Waals surface area contributed by atoms with Crippen LogP contribution in [0.1, 0.15) is 50.5 Å². The van der Waals surface area contributed by atoms with E-state index in [1.807, 2.05) is 0 Å². The van der Waals surface area contributed by atoms with E-state index in [1.165, 1.54) is 24.8 Å². The van der Waals surface area contributed by atoms with Gasteiger partial charge in [-0.15, -0.1) is 0 Å². The molecule has 0 spiro atoms. The fourth-order valence-corrected chi connectivity index (χ4v) is 3.34. The highest BCUT2D eigenvalue weighted by Gasteiger charge is 2.29. The number of hydrogen-bond donors (Lipinski definition) is 1. The van der Waals surface area contributed by atoms with Gasteiger partial charge < -0.3 is 5.73 Å². The summed E-state index contributed by atoms with van der Waals surface area (Å²) in [6.07, 6.45) is 7.81. The molecule has 0 saturated heterocycles. The average Bonchev–Trinajstić information content (AvgIpc) is 2.79. The van der Waals surface area contributed by atoms with Crippen molar-refractivity contribution in [2.45, 2.75) is 56.9 Å². The van der Waals surface area contributed by atoms with Gasteiger partial charge in [0.1, 0.15) is 5.78 Å². The Morgan fingerprint density at radius 1 is 1.35 bits per heavy atom. The summed E-state index contributed by atoms with van der Waals surface area (Å²) in [5.74, 6) is 0.334. The number of rotatable bonds is 5. The molecule has 2 rings (SSSR count). The number of nitrogens with two attached hydrogens (primary N) is 1. The molecule has 3 heteroatoms. The van der Waals surface area contributed by atoms with Crippen LogP contribution in [0.3, 0.4) is 0 Å². The van der Waals surface area contributed by atoms with Crippen molar-refractivity contribution in [3.8, 4) is 0 Å². The standard InChI is InChI=1S/C14H21NOS/c15-14(7-2-1-3-8-14)10-13(16)5-4-12-6-9-17-11-12/h6,9,11H,1-5,7-8,10,15H2. The van der Waals surface area contributed by atoms with Crippen molar-refractivity contribution >= 4 is 17.1 Å². The molecule has 0 atom stereocenters. The van der Waals surface area contributed by atoms with Crippen LogP contribution in [0.5, 0.6) is 0 Å². The van der Waals surface area contributed by atoms with Gasteiger partial charge in [-0.2, -0.15) is 11.3 Å². The van der Waals surface area contributed by atoms with E-state index in [9.17, 15) is 4.79 Å². The van der Waals surface area contributed by atoms with Gasteiger partial charge in [0.25, 0.3) is 0 Å². The van der Waals surface area contributed by atoms with Gasteiger partial charge in [-0.05, 0) is 41.7 Å². The normalized spacial score (nSPS) is 19.1. The summed E-state index contributed by atoms with van der Waals surface area (Å²) < 4.78 is 0. The molecule has 1 fully saturated rings. The first-order valence-corrected chi connectivity index (χ1v) is 7.44. The second-order valence-corrected chi connectivity index (χ2v) is 6.05. The van der Waals surface area contributed by atoms with Crippen LogP contribution >= 0.6 is 11.3 Å². The lowest BCUT2D eigenvalue weighted by Crippen LogP contribution is -2.43. The van der Waals surface area contributed by atoms with Crippen molar-refractivity contribution in [1.82, 2.24) is 0 Å². The minimum Gasteiger partial charge on any atom is -0.325 e. The van der Waals surface area contributed by atoms with Crippen LogP contribution in [0.15, 0.2) is 16.8 Å². The molecule has 1 heterocycles. The summed E-state index contributed by atoms with van der Waals surface area (Å²) >= 11 is 1.69. The Bertz CT molecular complexity index is 352. The maximum absolute atomic E-state index is 11.9. The van der Waals surface area contributed by atoms with Gasteiger partial charge in [0.05, 0.1) is 0 Å². The third-order valence-corrected chi connectivity index (χ3v) is 4.40. The van der Waals surface area contributed by atoms with Crippen molar-refractivity contribution in [2.24, 2.45) is 5.73 Å². The molecule has 0 radical (unpaired) electrons. The van der Waals surface area contributed by atoms with Crippen molar-refractivity contribution in [3.63, 3.8) is 0 Å². The highest BCUT2D eigenvalue weighted by molar-refractivity contribution is 7.07. The minimum absolute atomic E-state index is 0.190. The maximum atomic E-state index is 11.9. The molecule has 0 aliphatic heterocycles. The molecule has 0 amide bonds. The van der Waals surface area contributed by atoms with Gasteiger partial charge in [0.15, 0.2) is 0 Å². The number of aryl methyl sites for hydroxylation is 1. The van der Waals surface area contributed by atoms with E-state index < -0.39 is 0 Å².